The molecule has 0 fully saturated rings. The van der Waals surface area contributed by atoms with Crippen molar-refractivity contribution in [1.82, 2.24) is 0 Å². The van der Waals surface area contributed by atoms with Gasteiger partial charge in [0.2, 0.25) is 0 Å². The van der Waals surface area contributed by atoms with Crippen LogP contribution in [-0.2, 0) is 65.4 Å². The Bertz CT molecular complexity index is 2030. The van der Waals surface area contributed by atoms with E-state index in [0.717, 1.165) is 108 Å². The van der Waals surface area contributed by atoms with E-state index in [-0.39, 0.29) is 25.7 Å². The summed E-state index contributed by atoms with van der Waals surface area (Å²) >= 11 is 0. The smallest absolute Gasteiger partial charge is 0.462 e. The largest absolute Gasteiger partial charge is 0.472 e. The number of hydrogen-bond acceptors (Lipinski definition) is 15. The summed E-state index contributed by atoms with van der Waals surface area (Å²) in [7, 11) is -9.93. The van der Waals surface area contributed by atoms with Crippen molar-refractivity contribution in [2.24, 2.45) is 17.8 Å². The molecule has 0 saturated heterocycles. The molecule has 0 spiro atoms. The highest BCUT2D eigenvalue weighted by Crippen LogP contribution is 2.45. The van der Waals surface area contributed by atoms with Crippen molar-refractivity contribution in [3.05, 3.63) is 0 Å². The average molecular weight is 1540 g/mol. The van der Waals surface area contributed by atoms with Gasteiger partial charge in [-0.3, -0.25) is 37.3 Å². The molecule has 4 unspecified atom stereocenters. The molecule has 17 nitrogen and oxygen atoms in total. The third kappa shape index (κ3) is 77.2. The Kier molecular flexibility index (Phi) is 74.7. The number of ether oxygens (including phenoxy) is 4. The first kappa shape index (κ1) is 103. The minimum atomic E-state index is -4.97. The fourth-order valence-corrected chi connectivity index (χ4v) is 14.9. The lowest BCUT2D eigenvalue weighted by Crippen LogP contribution is -2.30. The van der Waals surface area contributed by atoms with Crippen molar-refractivity contribution in [3.8, 4) is 0 Å². The second-order valence-electron chi connectivity index (χ2n) is 31.9. The highest BCUT2D eigenvalue weighted by Gasteiger charge is 2.30. The van der Waals surface area contributed by atoms with E-state index in [1.165, 1.54) is 263 Å². The number of unbranched alkanes of at least 4 members (excludes halogenated alkanes) is 50. The third-order valence-electron chi connectivity index (χ3n) is 20.9. The maximum absolute atomic E-state index is 13.2. The van der Waals surface area contributed by atoms with Gasteiger partial charge in [-0.2, -0.15) is 0 Å². The Morgan fingerprint density at radius 3 is 0.724 bits per heavy atom. The Morgan fingerprint density at radius 1 is 0.276 bits per heavy atom. The molecule has 105 heavy (non-hydrogen) atoms. The summed E-state index contributed by atoms with van der Waals surface area (Å²) in [6.45, 7) is 12.0. The molecule has 0 aromatic carbocycles. The second-order valence-corrected chi connectivity index (χ2v) is 34.8. The van der Waals surface area contributed by atoms with Crippen molar-refractivity contribution in [2.75, 3.05) is 39.6 Å². The van der Waals surface area contributed by atoms with Crippen LogP contribution in [0.25, 0.3) is 0 Å². The molecule has 0 aromatic heterocycles. The summed E-state index contributed by atoms with van der Waals surface area (Å²) < 4.78 is 68.9. The zero-order valence-electron chi connectivity index (χ0n) is 69.2. The topological polar surface area (TPSA) is 237 Å². The normalized spacial score (nSPS) is 14.4. The van der Waals surface area contributed by atoms with E-state index < -0.39 is 97.5 Å². The molecule has 0 heterocycles. The van der Waals surface area contributed by atoms with E-state index >= 15 is 0 Å². The summed E-state index contributed by atoms with van der Waals surface area (Å²) in [5, 5.41) is 10.7. The van der Waals surface area contributed by atoms with Crippen LogP contribution in [0.2, 0.25) is 0 Å². The first-order valence-electron chi connectivity index (χ1n) is 44.4. The number of aliphatic hydroxyl groups is 1. The molecule has 0 rings (SSSR count). The number of rotatable bonds is 84. The quantitative estimate of drug-likeness (QED) is 0.0222. The average Bonchev–Trinajstić information content (AvgIpc) is 0.908. The zero-order valence-corrected chi connectivity index (χ0v) is 71.0. The first-order valence-corrected chi connectivity index (χ1v) is 47.4. The number of phosphoric ester groups is 2. The molecular formula is C86H168O17P2. The van der Waals surface area contributed by atoms with Crippen LogP contribution < -0.4 is 0 Å². The summed E-state index contributed by atoms with van der Waals surface area (Å²) in [6, 6.07) is 0. The van der Waals surface area contributed by atoms with Crippen LogP contribution >= 0.6 is 15.6 Å². The summed E-state index contributed by atoms with van der Waals surface area (Å²) in [6.07, 6.45) is 66.5. The predicted octanol–water partition coefficient (Wildman–Crippen LogP) is 26.1. The van der Waals surface area contributed by atoms with E-state index in [2.05, 4.69) is 48.5 Å². The summed E-state index contributed by atoms with van der Waals surface area (Å²) in [5.74, 6) is 0.300. The molecule has 7 atom stereocenters. The molecule has 3 N–H and O–H groups in total. The van der Waals surface area contributed by atoms with Crippen molar-refractivity contribution in [3.63, 3.8) is 0 Å². The fourth-order valence-electron chi connectivity index (χ4n) is 13.3. The molecule has 624 valence electrons. The minimum Gasteiger partial charge on any atom is -0.462 e. The van der Waals surface area contributed by atoms with E-state index in [1.807, 2.05) is 0 Å². The molecule has 0 amide bonds. The Hall–Kier alpha value is -1.94. The third-order valence-corrected chi connectivity index (χ3v) is 22.8. The molecule has 0 radical (unpaired) electrons. The minimum absolute atomic E-state index is 0.107. The molecule has 0 aromatic rings. The molecule has 0 aliphatic rings. The number of phosphoric acid groups is 2. The van der Waals surface area contributed by atoms with Gasteiger partial charge < -0.3 is 33.8 Å². The van der Waals surface area contributed by atoms with Crippen LogP contribution in [0.3, 0.4) is 0 Å². The number of hydrogen-bond donors (Lipinski definition) is 3. The lowest BCUT2D eigenvalue weighted by molar-refractivity contribution is -0.161. The van der Waals surface area contributed by atoms with Crippen molar-refractivity contribution in [1.29, 1.82) is 0 Å². The van der Waals surface area contributed by atoms with Gasteiger partial charge in [0.25, 0.3) is 0 Å². The van der Waals surface area contributed by atoms with Crippen molar-refractivity contribution >= 4 is 39.5 Å². The molecule has 0 bridgehead atoms. The SMILES string of the molecule is CCCCCCCCCCCCCCCCCCCCCCC(=O)O[C@H](COC(=O)CCCCCCCCCCCCCCCCC(C)CC)COP(=O)(O)OC[C@@H](O)COP(=O)(O)OC[C@@H](COC(=O)CCCCCCCCCCC(C)CC)OC(=O)CCCCCCCCCCCCCCC(C)C. The molecule has 0 aliphatic heterocycles. The first-order chi connectivity index (χ1) is 50.8. The van der Waals surface area contributed by atoms with Crippen LogP contribution in [0.15, 0.2) is 0 Å². The summed E-state index contributed by atoms with van der Waals surface area (Å²) in [5.41, 5.74) is 0. The van der Waals surface area contributed by atoms with Gasteiger partial charge in [0.05, 0.1) is 26.4 Å². The van der Waals surface area contributed by atoms with Gasteiger partial charge in [-0.25, -0.2) is 9.13 Å². The molecular weight excluding hydrogens is 1370 g/mol. The van der Waals surface area contributed by atoms with Crippen LogP contribution in [-0.4, -0.2) is 96.7 Å². The molecule has 0 aliphatic carbocycles. The molecule has 19 heteroatoms. The number of esters is 4. The number of carbonyl (C=O) groups is 4. The fraction of sp³-hybridized carbons (Fsp3) is 0.953. The number of carbonyl (C=O) groups excluding carboxylic acids is 4. The van der Waals surface area contributed by atoms with Gasteiger partial charge in [-0.1, -0.05) is 402 Å². The Labute approximate surface area is 645 Å². The van der Waals surface area contributed by atoms with Crippen LogP contribution in [0.1, 0.15) is 453 Å². The Morgan fingerprint density at radius 2 is 0.486 bits per heavy atom. The predicted molar refractivity (Wildman–Crippen MR) is 432 cm³/mol. The molecule has 0 saturated carbocycles. The van der Waals surface area contributed by atoms with Gasteiger partial charge in [-0.15, -0.1) is 0 Å². The van der Waals surface area contributed by atoms with Crippen LogP contribution in [0.5, 0.6) is 0 Å². The van der Waals surface area contributed by atoms with E-state index in [0.29, 0.717) is 25.7 Å². The number of aliphatic hydroxyl groups excluding tert-OH is 1. The van der Waals surface area contributed by atoms with Gasteiger partial charge in [0.1, 0.15) is 19.3 Å². The highest BCUT2D eigenvalue weighted by atomic mass is 31.2. The maximum atomic E-state index is 13.2. The van der Waals surface area contributed by atoms with Gasteiger partial charge in [0.15, 0.2) is 12.2 Å². The Balaban J connectivity index is 5.26. The van der Waals surface area contributed by atoms with Gasteiger partial charge in [0, 0.05) is 25.7 Å². The van der Waals surface area contributed by atoms with Crippen molar-refractivity contribution in [2.45, 2.75) is 471 Å². The standard InChI is InChI=1S/C86H168O17P2/c1-8-11-12-13-14-15-16-17-18-19-20-21-22-23-28-34-39-48-55-62-69-85(90)102-81(73-96-83(88)67-60-53-46-38-33-27-25-24-26-32-37-44-51-58-65-78(6)9-2)75-100-104(92,93)98-71-80(87)72-99-105(94,95)101-76-82(74-97-84(89)68-61-54-47-42-41-45-52-59-66-79(7)10-3)103-86(91)70-63-56-49-40-35-30-29-31-36-43-50-57-64-77(4)5/h77-82,87H,8-76H2,1-7H3,(H,92,93)(H,94,95)/t78?,79?,80-,81-,82-/m1/s1. The van der Waals surface area contributed by atoms with E-state index in [1.54, 1.807) is 0 Å². The monoisotopic (exact) mass is 1540 g/mol. The van der Waals surface area contributed by atoms with Crippen LogP contribution in [0.4, 0.5) is 0 Å². The van der Waals surface area contributed by atoms with Gasteiger partial charge in [-0.05, 0) is 43.4 Å². The lowest BCUT2D eigenvalue weighted by atomic mass is 9.99. The maximum Gasteiger partial charge on any atom is 0.472 e. The highest BCUT2D eigenvalue weighted by molar-refractivity contribution is 7.47. The van der Waals surface area contributed by atoms with E-state index in [4.69, 9.17) is 37.0 Å². The van der Waals surface area contributed by atoms with Crippen molar-refractivity contribution < 1.29 is 80.2 Å². The summed E-state index contributed by atoms with van der Waals surface area (Å²) in [4.78, 5) is 73.3. The zero-order chi connectivity index (χ0) is 77.2. The lowest BCUT2D eigenvalue weighted by Gasteiger charge is -2.21. The van der Waals surface area contributed by atoms with Gasteiger partial charge >= 0.3 is 39.5 Å². The van der Waals surface area contributed by atoms with Crippen LogP contribution in [0, 0.1) is 17.8 Å². The van der Waals surface area contributed by atoms with E-state index in [9.17, 15) is 43.2 Å². The second kappa shape index (κ2) is 76.1.